The summed E-state index contributed by atoms with van der Waals surface area (Å²) in [7, 11) is 2.02. The Bertz CT molecular complexity index is 521. The normalized spacial score (nSPS) is 23.1. The van der Waals surface area contributed by atoms with Gasteiger partial charge in [0.2, 0.25) is 0 Å². The first-order valence-corrected chi connectivity index (χ1v) is 7.12. The van der Waals surface area contributed by atoms with Gasteiger partial charge in [-0.15, -0.1) is 0 Å². The number of hydrogen-bond acceptors (Lipinski definition) is 4. The lowest BCUT2D eigenvalue weighted by Crippen LogP contribution is -2.32. The van der Waals surface area contributed by atoms with Crippen molar-refractivity contribution in [3.8, 4) is 0 Å². The zero-order valence-electron chi connectivity index (χ0n) is 11.7. The van der Waals surface area contributed by atoms with Crippen LogP contribution in [0, 0.1) is 5.92 Å². The Kier molecular flexibility index (Phi) is 4.13. The van der Waals surface area contributed by atoms with Gasteiger partial charge in [-0.25, -0.2) is 4.98 Å². The Morgan fingerprint density at radius 1 is 1.55 bits per heavy atom. The molecule has 0 aliphatic carbocycles. The van der Waals surface area contributed by atoms with Gasteiger partial charge >= 0.3 is 0 Å². The second-order valence-electron chi connectivity index (χ2n) is 5.31. The van der Waals surface area contributed by atoms with Crippen LogP contribution in [0.1, 0.15) is 30.3 Å². The largest absolute Gasteiger partial charge is 0.373 e. The van der Waals surface area contributed by atoms with Crippen LogP contribution in [-0.4, -0.2) is 32.9 Å². The number of rotatable bonds is 5. The molecular formula is C14H21N5O. The highest BCUT2D eigenvalue weighted by Gasteiger charge is 2.27. The molecule has 0 spiro atoms. The summed E-state index contributed by atoms with van der Waals surface area (Å²) in [6.45, 7) is 2.56. The number of aromatic amines is 1. The molecule has 2 N–H and O–H groups in total. The molecular weight excluding hydrogens is 254 g/mol. The van der Waals surface area contributed by atoms with Crippen molar-refractivity contribution in [1.29, 1.82) is 0 Å². The number of ether oxygens (including phenoxy) is 1. The lowest BCUT2D eigenvalue weighted by molar-refractivity contribution is -0.0279. The zero-order valence-corrected chi connectivity index (χ0v) is 11.7. The van der Waals surface area contributed by atoms with E-state index < -0.39 is 0 Å². The molecule has 0 aromatic carbocycles. The van der Waals surface area contributed by atoms with E-state index in [-0.39, 0.29) is 6.10 Å². The predicted octanol–water partition coefficient (Wildman–Crippen LogP) is 1.40. The van der Waals surface area contributed by atoms with E-state index in [4.69, 9.17) is 4.74 Å². The number of aryl methyl sites for hydroxylation is 1. The van der Waals surface area contributed by atoms with Gasteiger partial charge in [0.15, 0.2) is 0 Å². The number of hydrogen-bond donors (Lipinski definition) is 2. The van der Waals surface area contributed by atoms with Crippen LogP contribution in [0.5, 0.6) is 0 Å². The van der Waals surface area contributed by atoms with Crippen molar-refractivity contribution in [2.75, 3.05) is 13.2 Å². The van der Waals surface area contributed by atoms with Gasteiger partial charge in [0.05, 0.1) is 18.8 Å². The summed E-state index contributed by atoms with van der Waals surface area (Å²) < 4.78 is 7.97. The summed E-state index contributed by atoms with van der Waals surface area (Å²) in [5, 5.41) is 10.4. The molecule has 108 valence electrons. The molecule has 6 heteroatoms. The van der Waals surface area contributed by atoms with Crippen molar-refractivity contribution in [2.45, 2.75) is 25.5 Å². The maximum atomic E-state index is 5.93. The molecule has 6 nitrogen and oxygen atoms in total. The monoisotopic (exact) mass is 275 g/mol. The molecule has 2 aromatic heterocycles. The maximum absolute atomic E-state index is 5.93. The third kappa shape index (κ3) is 2.91. The van der Waals surface area contributed by atoms with Gasteiger partial charge in [0.1, 0.15) is 5.82 Å². The van der Waals surface area contributed by atoms with E-state index in [1.807, 2.05) is 36.4 Å². The average Bonchev–Trinajstić information content (AvgIpc) is 3.12. The Labute approximate surface area is 118 Å². The quantitative estimate of drug-likeness (QED) is 0.865. The summed E-state index contributed by atoms with van der Waals surface area (Å²) in [5.74, 6) is 1.54. The fourth-order valence-corrected chi connectivity index (χ4v) is 2.77. The Morgan fingerprint density at radius 3 is 3.25 bits per heavy atom. The lowest BCUT2D eigenvalue weighted by atomic mass is 9.91. The molecule has 1 aliphatic rings. The molecule has 3 heterocycles. The first-order chi connectivity index (χ1) is 9.84. The standard InChI is InChI=1S/C14H21N5O/c1-19-5-4-16-13(19)10-15-7-11-3-2-6-20-14(11)12-8-17-18-9-12/h4-5,8-9,11,14-15H,2-3,6-7,10H2,1H3,(H,17,18)/t11-,14+/m0/s1. The smallest absolute Gasteiger partial charge is 0.122 e. The van der Waals surface area contributed by atoms with Crippen LogP contribution < -0.4 is 5.32 Å². The Morgan fingerprint density at radius 2 is 2.50 bits per heavy atom. The van der Waals surface area contributed by atoms with Crippen LogP contribution in [0.3, 0.4) is 0 Å². The van der Waals surface area contributed by atoms with Gasteiger partial charge in [-0.2, -0.15) is 5.10 Å². The SMILES string of the molecule is Cn1ccnc1CNC[C@@H]1CCCO[C@H]1c1cn[nH]c1. The summed E-state index contributed by atoms with van der Waals surface area (Å²) in [6, 6.07) is 0. The molecule has 20 heavy (non-hydrogen) atoms. The highest BCUT2D eigenvalue weighted by Crippen LogP contribution is 2.32. The van der Waals surface area contributed by atoms with Crippen LogP contribution in [0.25, 0.3) is 0 Å². The average molecular weight is 275 g/mol. The van der Waals surface area contributed by atoms with E-state index in [1.165, 1.54) is 6.42 Å². The molecule has 0 unspecified atom stereocenters. The minimum absolute atomic E-state index is 0.149. The van der Waals surface area contributed by atoms with Crippen LogP contribution in [0.4, 0.5) is 0 Å². The van der Waals surface area contributed by atoms with Gasteiger partial charge < -0.3 is 14.6 Å². The van der Waals surface area contributed by atoms with Gasteiger partial charge in [0, 0.05) is 50.3 Å². The molecule has 0 bridgehead atoms. The molecule has 1 fully saturated rings. The summed E-state index contributed by atoms with van der Waals surface area (Å²) in [5.41, 5.74) is 1.15. The zero-order chi connectivity index (χ0) is 13.8. The van der Waals surface area contributed by atoms with Gasteiger partial charge in [-0.1, -0.05) is 0 Å². The van der Waals surface area contributed by atoms with E-state index in [9.17, 15) is 0 Å². The third-order valence-electron chi connectivity index (χ3n) is 3.90. The molecule has 0 radical (unpaired) electrons. The van der Waals surface area contributed by atoms with Crippen molar-refractivity contribution in [3.05, 3.63) is 36.2 Å². The first-order valence-electron chi connectivity index (χ1n) is 7.12. The van der Waals surface area contributed by atoms with Crippen LogP contribution in [-0.2, 0) is 18.3 Å². The highest BCUT2D eigenvalue weighted by atomic mass is 16.5. The van der Waals surface area contributed by atoms with Gasteiger partial charge in [-0.05, 0) is 12.8 Å². The molecule has 0 amide bonds. The first kappa shape index (κ1) is 13.3. The third-order valence-corrected chi connectivity index (χ3v) is 3.90. The molecule has 1 saturated heterocycles. The Balaban J connectivity index is 1.56. The fourth-order valence-electron chi connectivity index (χ4n) is 2.77. The van der Waals surface area contributed by atoms with Crippen molar-refractivity contribution in [2.24, 2.45) is 13.0 Å². The van der Waals surface area contributed by atoms with E-state index in [0.717, 1.165) is 37.5 Å². The van der Waals surface area contributed by atoms with Gasteiger partial charge in [-0.3, -0.25) is 5.10 Å². The van der Waals surface area contributed by atoms with Crippen molar-refractivity contribution in [3.63, 3.8) is 0 Å². The van der Waals surface area contributed by atoms with E-state index in [1.54, 1.807) is 0 Å². The van der Waals surface area contributed by atoms with E-state index in [2.05, 4.69) is 20.5 Å². The summed E-state index contributed by atoms with van der Waals surface area (Å²) >= 11 is 0. The van der Waals surface area contributed by atoms with E-state index >= 15 is 0 Å². The minimum Gasteiger partial charge on any atom is -0.373 e. The maximum Gasteiger partial charge on any atom is 0.122 e. The summed E-state index contributed by atoms with van der Waals surface area (Å²) in [6.07, 6.45) is 10.1. The lowest BCUT2D eigenvalue weighted by Gasteiger charge is -2.31. The predicted molar refractivity (Wildman–Crippen MR) is 74.9 cm³/mol. The van der Waals surface area contributed by atoms with Gasteiger partial charge in [0.25, 0.3) is 0 Å². The topological polar surface area (TPSA) is 67.8 Å². The number of imidazole rings is 1. The van der Waals surface area contributed by atoms with Crippen LogP contribution >= 0.6 is 0 Å². The Hall–Kier alpha value is -1.66. The highest BCUT2D eigenvalue weighted by molar-refractivity contribution is 5.09. The van der Waals surface area contributed by atoms with Crippen molar-refractivity contribution < 1.29 is 4.74 Å². The molecule has 2 aromatic rings. The number of nitrogens with one attached hydrogen (secondary N) is 2. The minimum atomic E-state index is 0.149. The van der Waals surface area contributed by atoms with Crippen molar-refractivity contribution in [1.82, 2.24) is 25.1 Å². The van der Waals surface area contributed by atoms with Crippen molar-refractivity contribution >= 4 is 0 Å². The fraction of sp³-hybridized carbons (Fsp3) is 0.571. The second kappa shape index (κ2) is 6.19. The van der Waals surface area contributed by atoms with Crippen LogP contribution in [0.15, 0.2) is 24.8 Å². The second-order valence-corrected chi connectivity index (χ2v) is 5.31. The number of aromatic nitrogens is 4. The number of nitrogens with zero attached hydrogens (tertiary/aromatic N) is 3. The number of H-pyrrole nitrogens is 1. The van der Waals surface area contributed by atoms with Crippen LogP contribution in [0.2, 0.25) is 0 Å². The molecule has 2 atom stereocenters. The molecule has 3 rings (SSSR count). The van der Waals surface area contributed by atoms with E-state index in [0.29, 0.717) is 5.92 Å². The molecule has 0 saturated carbocycles. The summed E-state index contributed by atoms with van der Waals surface area (Å²) in [4.78, 5) is 4.32. The molecule has 1 aliphatic heterocycles.